The number of halogens is 1. The van der Waals surface area contributed by atoms with Crippen molar-refractivity contribution in [3.63, 3.8) is 0 Å². The van der Waals surface area contributed by atoms with E-state index in [1.807, 2.05) is 24.3 Å². The third-order valence-electron chi connectivity index (χ3n) is 2.25. The molecule has 0 aliphatic rings. The van der Waals surface area contributed by atoms with Gasteiger partial charge in [-0.05, 0) is 37.0 Å². The minimum absolute atomic E-state index is 0.454. The molecule has 0 aliphatic heterocycles. The van der Waals surface area contributed by atoms with E-state index in [9.17, 15) is 0 Å². The lowest BCUT2D eigenvalue weighted by Crippen LogP contribution is -1.97. The summed E-state index contributed by atoms with van der Waals surface area (Å²) in [6.45, 7) is 0.731. The van der Waals surface area contributed by atoms with E-state index < -0.39 is 0 Å². The van der Waals surface area contributed by atoms with E-state index in [1.165, 1.54) is 0 Å². The fourth-order valence-corrected chi connectivity index (χ4v) is 1.55. The Hall–Kier alpha value is -1.20. The van der Waals surface area contributed by atoms with Crippen molar-refractivity contribution < 1.29 is 4.74 Å². The van der Waals surface area contributed by atoms with Gasteiger partial charge in [-0.3, -0.25) is 0 Å². The molecule has 0 saturated heterocycles. The maximum atomic E-state index is 8.52. The van der Waals surface area contributed by atoms with Crippen LogP contribution in [0.1, 0.15) is 24.8 Å². The quantitative estimate of drug-likeness (QED) is 0.537. The van der Waals surface area contributed by atoms with Crippen molar-refractivity contribution in [3.8, 4) is 11.8 Å². The van der Waals surface area contributed by atoms with Crippen LogP contribution < -0.4 is 4.74 Å². The molecule has 3 heteroatoms. The Morgan fingerprint density at radius 1 is 1.12 bits per heavy atom. The van der Waals surface area contributed by atoms with Crippen LogP contribution in [0, 0.1) is 11.3 Å². The number of hydrogen-bond donors (Lipinski definition) is 0. The van der Waals surface area contributed by atoms with Gasteiger partial charge in [0.1, 0.15) is 5.75 Å². The second-order valence-electron chi connectivity index (χ2n) is 3.58. The number of alkyl halides is 1. The Morgan fingerprint density at radius 2 is 1.88 bits per heavy atom. The molecule has 0 aliphatic carbocycles. The molecule has 0 aromatic heterocycles. The fraction of sp³-hybridized carbons (Fsp3) is 0.462. The highest BCUT2D eigenvalue weighted by atomic mass is 35.5. The highest BCUT2D eigenvalue weighted by molar-refractivity contribution is 6.17. The third kappa shape index (κ3) is 5.04. The summed E-state index contributed by atoms with van der Waals surface area (Å²) in [6, 6.07) is 9.79. The molecule has 0 heterocycles. The number of ether oxygens (including phenoxy) is 1. The molecule has 0 saturated carbocycles. The van der Waals surface area contributed by atoms with Crippen LogP contribution in [0.25, 0.3) is 0 Å². The van der Waals surface area contributed by atoms with E-state index >= 15 is 0 Å². The lowest BCUT2D eigenvalue weighted by molar-refractivity contribution is 0.306. The summed E-state index contributed by atoms with van der Waals surface area (Å²) in [7, 11) is 0. The Kier molecular flexibility index (Phi) is 6.44. The summed E-state index contributed by atoms with van der Waals surface area (Å²) in [6.07, 6.45) is 3.64. The molecule has 1 aromatic carbocycles. The van der Waals surface area contributed by atoms with Crippen molar-refractivity contribution in [1.82, 2.24) is 0 Å². The van der Waals surface area contributed by atoms with Gasteiger partial charge in [0.25, 0.3) is 0 Å². The van der Waals surface area contributed by atoms with Crippen LogP contribution in [0.2, 0.25) is 0 Å². The van der Waals surface area contributed by atoms with E-state index in [4.69, 9.17) is 21.6 Å². The molecule has 0 fully saturated rings. The maximum absolute atomic E-state index is 8.52. The van der Waals surface area contributed by atoms with Gasteiger partial charge in [0.2, 0.25) is 0 Å². The van der Waals surface area contributed by atoms with Crippen molar-refractivity contribution in [3.05, 3.63) is 29.8 Å². The monoisotopic (exact) mass is 237 g/mol. The topological polar surface area (TPSA) is 33.0 Å². The molecule has 0 bridgehead atoms. The number of nitriles is 1. The molecule has 1 aromatic rings. The van der Waals surface area contributed by atoms with Gasteiger partial charge in [-0.2, -0.15) is 5.26 Å². The van der Waals surface area contributed by atoms with Gasteiger partial charge in [-0.15, -0.1) is 11.6 Å². The SMILES string of the molecule is N#CCc1ccc(OCCCCCCl)cc1. The predicted octanol–water partition coefficient (Wildman–Crippen LogP) is 3.54. The normalized spacial score (nSPS) is 9.75. The summed E-state index contributed by atoms with van der Waals surface area (Å²) in [5, 5.41) is 8.52. The second kappa shape index (κ2) is 8.01. The first-order valence-corrected chi connectivity index (χ1v) is 6.05. The molecule has 2 nitrogen and oxygen atoms in total. The van der Waals surface area contributed by atoms with Crippen molar-refractivity contribution in [1.29, 1.82) is 5.26 Å². The fourth-order valence-electron chi connectivity index (χ4n) is 1.36. The van der Waals surface area contributed by atoms with Crippen molar-refractivity contribution in [2.75, 3.05) is 12.5 Å². The smallest absolute Gasteiger partial charge is 0.119 e. The van der Waals surface area contributed by atoms with Crippen LogP contribution in [0.5, 0.6) is 5.75 Å². The number of nitrogens with zero attached hydrogens (tertiary/aromatic N) is 1. The van der Waals surface area contributed by atoms with E-state index in [2.05, 4.69) is 6.07 Å². The van der Waals surface area contributed by atoms with Gasteiger partial charge in [0, 0.05) is 5.88 Å². The summed E-state index contributed by atoms with van der Waals surface area (Å²) in [4.78, 5) is 0. The molecule has 0 amide bonds. The van der Waals surface area contributed by atoms with Gasteiger partial charge in [0.05, 0.1) is 19.1 Å². The van der Waals surface area contributed by atoms with Crippen LogP contribution >= 0.6 is 11.6 Å². The standard InChI is InChI=1S/C13H16ClNO/c14-9-2-1-3-11-16-13-6-4-12(5-7-13)8-10-15/h4-7H,1-3,8-9,11H2. The molecule has 0 unspecified atom stereocenters. The molecular formula is C13H16ClNO. The molecule has 0 N–H and O–H groups in total. The zero-order chi connectivity index (χ0) is 11.6. The minimum Gasteiger partial charge on any atom is -0.494 e. The predicted molar refractivity (Wildman–Crippen MR) is 65.8 cm³/mol. The van der Waals surface area contributed by atoms with E-state index in [0.717, 1.165) is 43.1 Å². The summed E-state index contributed by atoms with van der Waals surface area (Å²) in [5.41, 5.74) is 1.02. The molecule has 16 heavy (non-hydrogen) atoms. The van der Waals surface area contributed by atoms with Crippen molar-refractivity contribution in [2.45, 2.75) is 25.7 Å². The van der Waals surface area contributed by atoms with Gasteiger partial charge in [0.15, 0.2) is 0 Å². The lowest BCUT2D eigenvalue weighted by Gasteiger charge is -2.05. The average molecular weight is 238 g/mol. The molecule has 0 radical (unpaired) electrons. The summed E-state index contributed by atoms with van der Waals surface area (Å²) in [5.74, 6) is 1.59. The molecule has 1 rings (SSSR count). The van der Waals surface area contributed by atoms with Crippen LogP contribution in [0.15, 0.2) is 24.3 Å². The number of hydrogen-bond acceptors (Lipinski definition) is 2. The number of unbranched alkanes of at least 4 members (excludes halogenated alkanes) is 2. The Labute approximate surface area is 102 Å². The van der Waals surface area contributed by atoms with Gasteiger partial charge >= 0.3 is 0 Å². The average Bonchev–Trinajstić information content (AvgIpc) is 2.31. The second-order valence-corrected chi connectivity index (χ2v) is 3.95. The molecule has 0 spiro atoms. The largest absolute Gasteiger partial charge is 0.494 e. The summed E-state index contributed by atoms with van der Waals surface area (Å²) < 4.78 is 5.56. The third-order valence-corrected chi connectivity index (χ3v) is 2.52. The van der Waals surface area contributed by atoms with Crippen LogP contribution in [-0.2, 0) is 6.42 Å². The Bertz CT molecular complexity index is 329. The van der Waals surface area contributed by atoms with Crippen molar-refractivity contribution in [2.24, 2.45) is 0 Å². The van der Waals surface area contributed by atoms with Crippen LogP contribution in [0.4, 0.5) is 0 Å². The van der Waals surface area contributed by atoms with Gasteiger partial charge in [-0.1, -0.05) is 12.1 Å². The van der Waals surface area contributed by atoms with E-state index in [0.29, 0.717) is 6.42 Å². The van der Waals surface area contributed by atoms with Gasteiger partial charge in [-0.25, -0.2) is 0 Å². The highest BCUT2D eigenvalue weighted by Crippen LogP contribution is 2.13. The highest BCUT2D eigenvalue weighted by Gasteiger charge is 1.95. The number of rotatable bonds is 7. The molecule has 0 atom stereocenters. The maximum Gasteiger partial charge on any atom is 0.119 e. The van der Waals surface area contributed by atoms with E-state index in [-0.39, 0.29) is 0 Å². The zero-order valence-corrected chi connectivity index (χ0v) is 10.0. The van der Waals surface area contributed by atoms with Crippen molar-refractivity contribution >= 4 is 11.6 Å². The zero-order valence-electron chi connectivity index (χ0n) is 9.29. The lowest BCUT2D eigenvalue weighted by atomic mass is 10.2. The van der Waals surface area contributed by atoms with E-state index in [1.54, 1.807) is 0 Å². The first kappa shape index (κ1) is 12.9. The molecule has 86 valence electrons. The Balaban J connectivity index is 2.24. The van der Waals surface area contributed by atoms with Crippen LogP contribution in [-0.4, -0.2) is 12.5 Å². The molecular weight excluding hydrogens is 222 g/mol. The van der Waals surface area contributed by atoms with Crippen LogP contribution in [0.3, 0.4) is 0 Å². The number of benzene rings is 1. The van der Waals surface area contributed by atoms with Gasteiger partial charge < -0.3 is 4.74 Å². The first-order chi connectivity index (χ1) is 7.86. The first-order valence-electron chi connectivity index (χ1n) is 5.51. The summed E-state index contributed by atoms with van der Waals surface area (Å²) >= 11 is 5.58. The minimum atomic E-state index is 0.454. The Morgan fingerprint density at radius 3 is 2.50 bits per heavy atom.